The summed E-state index contributed by atoms with van der Waals surface area (Å²) in [4.78, 5) is 8.42. The standard InChI is InChI=1S/C13H9BFN5/c14-8-1-2-11-9(3-8)13-16-6-18-20(13)5-12-10(4-15)17-7-19(11)12/h1-3,6-7H,4-5H2. The van der Waals surface area contributed by atoms with Crippen molar-refractivity contribution in [1.82, 2.24) is 24.3 Å². The largest absolute Gasteiger partial charge is 0.300 e. The molecule has 3 aromatic rings. The number of imidazole rings is 1. The maximum atomic E-state index is 13.1. The lowest BCUT2D eigenvalue weighted by atomic mass is 9.93. The second-order valence-electron chi connectivity index (χ2n) is 4.66. The van der Waals surface area contributed by atoms with E-state index in [0.717, 1.165) is 22.8 Å². The van der Waals surface area contributed by atoms with Gasteiger partial charge in [-0.25, -0.2) is 19.0 Å². The van der Waals surface area contributed by atoms with Crippen LogP contribution in [0.3, 0.4) is 0 Å². The molecule has 0 bridgehead atoms. The van der Waals surface area contributed by atoms with E-state index < -0.39 is 6.67 Å². The molecular formula is C13H9BFN5. The van der Waals surface area contributed by atoms with Crippen LogP contribution < -0.4 is 5.46 Å². The number of fused-ring (bicyclic) bond motifs is 5. The van der Waals surface area contributed by atoms with Gasteiger partial charge in [-0.2, -0.15) is 5.10 Å². The van der Waals surface area contributed by atoms with E-state index in [4.69, 9.17) is 7.85 Å². The van der Waals surface area contributed by atoms with Crippen LogP contribution in [0.1, 0.15) is 11.4 Å². The Morgan fingerprint density at radius 3 is 3.05 bits per heavy atom. The van der Waals surface area contributed by atoms with Crippen LogP contribution in [0, 0.1) is 0 Å². The van der Waals surface area contributed by atoms with Crippen LogP contribution in [-0.4, -0.2) is 32.2 Å². The number of benzene rings is 1. The third kappa shape index (κ3) is 1.46. The Bertz CT molecular complexity index is 807. The van der Waals surface area contributed by atoms with E-state index in [1.54, 1.807) is 11.0 Å². The van der Waals surface area contributed by atoms with Crippen LogP contribution in [0.2, 0.25) is 0 Å². The maximum Gasteiger partial charge on any atom is 0.160 e. The molecule has 2 aromatic heterocycles. The summed E-state index contributed by atoms with van der Waals surface area (Å²) in [5.41, 5.74) is 3.60. The molecule has 1 aliphatic rings. The van der Waals surface area contributed by atoms with Crippen LogP contribution in [-0.2, 0) is 13.2 Å². The Labute approximate surface area is 115 Å². The lowest BCUT2D eigenvalue weighted by Gasteiger charge is -2.09. The molecule has 0 N–H and O–H groups in total. The molecule has 0 saturated carbocycles. The smallest absolute Gasteiger partial charge is 0.160 e. The predicted octanol–water partition coefficient (Wildman–Crippen LogP) is 0.756. The van der Waals surface area contributed by atoms with Crippen LogP contribution in [0.25, 0.3) is 17.1 Å². The summed E-state index contributed by atoms with van der Waals surface area (Å²) < 4.78 is 16.7. The number of alkyl halides is 1. The molecular weight excluding hydrogens is 256 g/mol. The van der Waals surface area contributed by atoms with Crippen molar-refractivity contribution in [3.63, 3.8) is 0 Å². The first-order valence-corrected chi connectivity index (χ1v) is 6.17. The summed E-state index contributed by atoms with van der Waals surface area (Å²) in [5.74, 6) is 0.723. The van der Waals surface area contributed by atoms with Crippen molar-refractivity contribution >= 4 is 13.3 Å². The SMILES string of the molecule is [B]c1ccc2c(c1)-c1ncnn1Cc1c(CF)ncn1-2. The van der Waals surface area contributed by atoms with Crippen molar-refractivity contribution in [2.75, 3.05) is 0 Å². The Kier molecular flexibility index (Phi) is 2.30. The van der Waals surface area contributed by atoms with Crippen LogP contribution in [0.15, 0.2) is 30.9 Å². The normalized spacial score (nSPS) is 12.4. The molecule has 0 saturated heterocycles. The number of hydrogen-bond acceptors (Lipinski definition) is 3. The molecule has 0 aliphatic carbocycles. The van der Waals surface area contributed by atoms with Crippen molar-refractivity contribution in [2.24, 2.45) is 0 Å². The molecule has 0 amide bonds. The second-order valence-corrected chi connectivity index (χ2v) is 4.66. The topological polar surface area (TPSA) is 48.5 Å². The van der Waals surface area contributed by atoms with Crippen LogP contribution >= 0.6 is 0 Å². The zero-order valence-electron chi connectivity index (χ0n) is 10.5. The zero-order valence-corrected chi connectivity index (χ0v) is 10.5. The fourth-order valence-electron chi connectivity index (χ4n) is 2.57. The van der Waals surface area contributed by atoms with E-state index in [9.17, 15) is 4.39 Å². The highest BCUT2D eigenvalue weighted by atomic mass is 19.1. The minimum Gasteiger partial charge on any atom is -0.300 e. The van der Waals surface area contributed by atoms with Gasteiger partial charge in [-0.1, -0.05) is 17.6 Å². The van der Waals surface area contributed by atoms with Gasteiger partial charge in [0.1, 0.15) is 20.8 Å². The molecule has 2 radical (unpaired) electrons. The van der Waals surface area contributed by atoms with Gasteiger partial charge in [-0.05, 0) is 6.07 Å². The summed E-state index contributed by atoms with van der Waals surface area (Å²) in [7, 11) is 5.87. The van der Waals surface area contributed by atoms with Crippen molar-refractivity contribution in [2.45, 2.75) is 13.2 Å². The first-order chi connectivity index (χ1) is 9.78. The first kappa shape index (κ1) is 11.4. The molecule has 0 unspecified atom stereocenters. The van der Waals surface area contributed by atoms with Gasteiger partial charge in [0.15, 0.2) is 5.82 Å². The summed E-state index contributed by atoms with van der Waals surface area (Å²) >= 11 is 0. The first-order valence-electron chi connectivity index (χ1n) is 6.17. The summed E-state index contributed by atoms with van der Waals surface area (Å²) in [6.07, 6.45) is 3.12. The van der Waals surface area contributed by atoms with Gasteiger partial charge in [0, 0.05) is 5.56 Å². The van der Waals surface area contributed by atoms with E-state index in [2.05, 4.69) is 15.1 Å². The molecule has 7 heteroatoms. The van der Waals surface area contributed by atoms with Gasteiger partial charge in [-0.15, -0.1) is 0 Å². The van der Waals surface area contributed by atoms with Crippen molar-refractivity contribution in [1.29, 1.82) is 0 Å². The summed E-state index contributed by atoms with van der Waals surface area (Å²) in [6.45, 7) is -0.167. The Morgan fingerprint density at radius 2 is 2.20 bits per heavy atom. The Balaban J connectivity index is 2.09. The van der Waals surface area contributed by atoms with Crippen LogP contribution in [0.4, 0.5) is 4.39 Å². The van der Waals surface area contributed by atoms with Crippen molar-refractivity contribution in [3.8, 4) is 17.1 Å². The minimum atomic E-state index is -0.601. The average Bonchev–Trinajstić information content (AvgIpc) is 3.04. The highest BCUT2D eigenvalue weighted by molar-refractivity contribution is 6.32. The lowest BCUT2D eigenvalue weighted by molar-refractivity contribution is 0.471. The third-order valence-electron chi connectivity index (χ3n) is 3.52. The summed E-state index contributed by atoms with van der Waals surface area (Å²) in [6, 6.07) is 5.55. The quantitative estimate of drug-likeness (QED) is 0.477. The van der Waals surface area contributed by atoms with Gasteiger partial charge in [0.05, 0.1) is 29.9 Å². The maximum absolute atomic E-state index is 13.1. The van der Waals surface area contributed by atoms with Crippen molar-refractivity contribution in [3.05, 3.63) is 42.2 Å². The summed E-state index contributed by atoms with van der Waals surface area (Å²) in [5, 5.41) is 4.20. The number of halogens is 1. The number of rotatable bonds is 1. The van der Waals surface area contributed by atoms with Gasteiger partial charge < -0.3 is 4.57 Å². The molecule has 0 spiro atoms. The van der Waals surface area contributed by atoms with Gasteiger partial charge in [0.25, 0.3) is 0 Å². The number of nitrogens with zero attached hydrogens (tertiary/aromatic N) is 5. The second kappa shape index (κ2) is 4.03. The molecule has 1 aromatic carbocycles. The molecule has 5 nitrogen and oxygen atoms in total. The zero-order chi connectivity index (χ0) is 13.7. The fourth-order valence-corrected chi connectivity index (χ4v) is 2.57. The third-order valence-corrected chi connectivity index (χ3v) is 3.52. The molecule has 3 heterocycles. The van der Waals surface area contributed by atoms with E-state index in [1.807, 2.05) is 22.8 Å². The van der Waals surface area contributed by atoms with E-state index in [1.165, 1.54) is 6.33 Å². The monoisotopic (exact) mass is 265 g/mol. The van der Waals surface area contributed by atoms with E-state index >= 15 is 0 Å². The number of aromatic nitrogens is 5. The molecule has 0 fully saturated rings. The van der Waals surface area contributed by atoms with E-state index in [0.29, 0.717) is 17.7 Å². The molecule has 4 rings (SSSR count). The highest BCUT2D eigenvalue weighted by Gasteiger charge is 2.23. The Morgan fingerprint density at radius 1 is 1.30 bits per heavy atom. The molecule has 0 atom stereocenters. The molecule has 1 aliphatic heterocycles. The fraction of sp³-hybridized carbons (Fsp3) is 0.154. The lowest BCUT2D eigenvalue weighted by Crippen LogP contribution is -2.06. The molecule has 20 heavy (non-hydrogen) atoms. The van der Waals surface area contributed by atoms with E-state index in [-0.39, 0.29) is 0 Å². The highest BCUT2D eigenvalue weighted by Crippen LogP contribution is 2.30. The Hall–Kier alpha value is -2.44. The number of hydrogen-bond donors (Lipinski definition) is 0. The average molecular weight is 265 g/mol. The molecule has 96 valence electrons. The van der Waals surface area contributed by atoms with Crippen molar-refractivity contribution < 1.29 is 4.39 Å². The van der Waals surface area contributed by atoms with Gasteiger partial charge in [-0.3, -0.25) is 0 Å². The predicted molar refractivity (Wildman–Crippen MR) is 71.9 cm³/mol. The van der Waals surface area contributed by atoms with Gasteiger partial charge in [0.2, 0.25) is 0 Å². The van der Waals surface area contributed by atoms with Gasteiger partial charge >= 0.3 is 0 Å². The minimum absolute atomic E-state index is 0.427. The van der Waals surface area contributed by atoms with Crippen LogP contribution in [0.5, 0.6) is 0 Å².